The smallest absolute Gasteiger partial charge is 0.170 e. The Labute approximate surface area is 295 Å². The topological polar surface area (TPSA) is 118 Å². The van der Waals surface area contributed by atoms with E-state index in [1.54, 1.807) is 24.3 Å². The van der Waals surface area contributed by atoms with Gasteiger partial charge in [-0.15, -0.1) is 0 Å². The largest absolute Gasteiger partial charge is 0.381 e. The highest BCUT2D eigenvalue weighted by Crippen LogP contribution is 2.28. The maximum Gasteiger partial charge on any atom is 0.170 e. The summed E-state index contributed by atoms with van der Waals surface area (Å²) in [5, 5.41) is 9.14. The third-order valence-electron chi connectivity index (χ3n) is 9.56. The van der Waals surface area contributed by atoms with Gasteiger partial charge in [0, 0.05) is 63.7 Å². The Hall–Kier alpha value is -3.53. The van der Waals surface area contributed by atoms with E-state index >= 15 is 4.79 Å². The zero-order valence-corrected chi connectivity index (χ0v) is 30.2. The fourth-order valence-electron chi connectivity index (χ4n) is 6.66. The number of piperazine rings is 2. The highest BCUT2D eigenvalue weighted by atomic mass is 79.9. The van der Waals surface area contributed by atoms with Crippen LogP contribution in [-0.2, 0) is 17.9 Å². The number of benzene rings is 2. The normalized spacial score (nSPS) is 17.5. The molecule has 0 aliphatic carbocycles. The number of halogens is 4. The molecule has 0 bridgehead atoms. The monoisotopic (exact) mass is 788 g/mol. The van der Waals surface area contributed by atoms with E-state index in [0.29, 0.717) is 77.1 Å². The molecule has 0 spiro atoms. The summed E-state index contributed by atoms with van der Waals surface area (Å²) in [4.78, 5) is 24.0. The lowest BCUT2D eigenvalue weighted by Gasteiger charge is -2.43. The van der Waals surface area contributed by atoms with Crippen LogP contribution in [0.25, 0.3) is 0 Å². The molecule has 2 aliphatic rings. The van der Waals surface area contributed by atoms with Gasteiger partial charge in [-0.2, -0.15) is 10.2 Å². The molecule has 6 rings (SSSR count). The summed E-state index contributed by atoms with van der Waals surface area (Å²) in [6.07, 6.45) is 0. The predicted molar refractivity (Wildman–Crippen MR) is 191 cm³/mol. The summed E-state index contributed by atoms with van der Waals surface area (Å²) in [5.41, 5.74) is 15.9. The molecule has 2 saturated heterocycles. The fraction of sp³-hybridized carbons (Fsp3) is 0.424. The zero-order valence-electron chi connectivity index (χ0n) is 27.0. The Kier molecular flexibility index (Phi) is 10.4. The van der Waals surface area contributed by atoms with Crippen molar-refractivity contribution >= 4 is 60.7 Å². The van der Waals surface area contributed by atoms with Gasteiger partial charge < -0.3 is 21.3 Å². The quantitative estimate of drug-likeness (QED) is 0.243. The van der Waals surface area contributed by atoms with Crippen molar-refractivity contribution in [2.75, 3.05) is 73.6 Å². The number of rotatable bonds is 10. The standard InChI is InChI=1S/C33H40Br2F2N10O/c1-21-29(34)32(38)40-46(21)19-27(44-15-11-42(12-16-44)25-7-3-23(36)4-8-25)31(48)28(20-47-22(2)30(35)33(39)41-47)45-17-13-43(14-18-45)26-9-5-24(37)6-10-26/h3-10,27-28H,11-20H2,1-2H3,(H2,38,40)(H2,39,41). The number of anilines is 4. The van der Waals surface area contributed by atoms with Gasteiger partial charge in [0.15, 0.2) is 17.4 Å². The molecule has 0 saturated carbocycles. The van der Waals surface area contributed by atoms with Gasteiger partial charge in [-0.1, -0.05) is 0 Å². The summed E-state index contributed by atoms with van der Waals surface area (Å²) in [5.74, 6) is 0.277. The van der Waals surface area contributed by atoms with Crippen molar-refractivity contribution in [1.82, 2.24) is 29.4 Å². The highest BCUT2D eigenvalue weighted by Gasteiger charge is 2.39. The van der Waals surface area contributed by atoms with Crippen LogP contribution in [0.4, 0.5) is 31.8 Å². The summed E-state index contributed by atoms with van der Waals surface area (Å²) in [6.45, 7) is 9.78. The number of Topliss-reactive ketones (excluding diaryl/α,β-unsaturated/α-hetero) is 1. The average Bonchev–Trinajstić information content (AvgIpc) is 3.49. The van der Waals surface area contributed by atoms with E-state index < -0.39 is 12.1 Å². The SMILES string of the molecule is Cc1c(Br)c(N)nn1CC(C(=O)C(Cn1nc(N)c(Br)c1C)N1CCN(c2ccc(F)cc2)CC1)N1CCN(c2ccc(F)cc2)CC1. The highest BCUT2D eigenvalue weighted by molar-refractivity contribution is 9.11. The van der Waals surface area contributed by atoms with E-state index in [1.807, 2.05) is 23.2 Å². The van der Waals surface area contributed by atoms with E-state index in [2.05, 4.69) is 61.7 Å². The minimum Gasteiger partial charge on any atom is -0.381 e. The molecular formula is C33H40Br2F2N10O. The van der Waals surface area contributed by atoms with Crippen LogP contribution in [0, 0.1) is 25.5 Å². The molecule has 15 heteroatoms. The van der Waals surface area contributed by atoms with Crippen molar-refractivity contribution < 1.29 is 13.6 Å². The van der Waals surface area contributed by atoms with Gasteiger partial charge >= 0.3 is 0 Å². The Morgan fingerprint density at radius 2 is 1.00 bits per heavy atom. The van der Waals surface area contributed by atoms with E-state index in [0.717, 1.165) is 31.7 Å². The van der Waals surface area contributed by atoms with E-state index in [1.165, 1.54) is 24.3 Å². The van der Waals surface area contributed by atoms with Crippen LogP contribution in [-0.4, -0.2) is 99.6 Å². The average molecular weight is 791 g/mol. The molecule has 0 radical (unpaired) electrons. The Bertz CT molecular complexity index is 1600. The van der Waals surface area contributed by atoms with E-state index in [4.69, 9.17) is 11.5 Å². The molecule has 4 aromatic rings. The Morgan fingerprint density at radius 1 is 0.667 bits per heavy atom. The van der Waals surface area contributed by atoms with Gasteiger partial charge in [-0.3, -0.25) is 24.0 Å². The van der Waals surface area contributed by atoms with E-state index in [9.17, 15) is 8.78 Å². The third kappa shape index (κ3) is 7.24. The third-order valence-corrected chi connectivity index (χ3v) is 11.5. The van der Waals surface area contributed by atoms with Crippen LogP contribution in [0.15, 0.2) is 57.5 Å². The number of ketones is 1. The number of hydrogen-bond acceptors (Lipinski definition) is 9. The van der Waals surface area contributed by atoms with E-state index in [-0.39, 0.29) is 17.4 Å². The molecule has 48 heavy (non-hydrogen) atoms. The number of nitrogen functional groups attached to an aromatic ring is 2. The molecule has 4 heterocycles. The second-order valence-electron chi connectivity index (χ2n) is 12.4. The molecule has 11 nitrogen and oxygen atoms in total. The first-order chi connectivity index (χ1) is 23.0. The summed E-state index contributed by atoms with van der Waals surface area (Å²) in [7, 11) is 0. The minimum absolute atomic E-state index is 0.0645. The van der Waals surface area contributed by atoms with Crippen molar-refractivity contribution in [3.8, 4) is 0 Å². The minimum atomic E-state index is -0.512. The van der Waals surface area contributed by atoms with Gasteiger partial charge in [-0.05, 0) is 94.2 Å². The first-order valence-electron chi connectivity index (χ1n) is 16.0. The van der Waals surface area contributed by atoms with Crippen LogP contribution in [0.5, 0.6) is 0 Å². The lowest BCUT2D eigenvalue weighted by atomic mass is 9.99. The van der Waals surface area contributed by atoms with Crippen molar-refractivity contribution in [3.63, 3.8) is 0 Å². The number of nitrogens with zero attached hydrogens (tertiary/aromatic N) is 8. The molecule has 0 amide bonds. The molecule has 2 aliphatic heterocycles. The van der Waals surface area contributed by atoms with Crippen molar-refractivity contribution in [2.24, 2.45) is 0 Å². The van der Waals surface area contributed by atoms with Gasteiger partial charge in [0.05, 0.1) is 45.5 Å². The lowest BCUT2D eigenvalue weighted by Crippen LogP contribution is -2.61. The van der Waals surface area contributed by atoms with Crippen molar-refractivity contribution in [3.05, 3.63) is 80.5 Å². The molecule has 2 aromatic heterocycles. The van der Waals surface area contributed by atoms with Crippen LogP contribution >= 0.6 is 31.9 Å². The lowest BCUT2D eigenvalue weighted by molar-refractivity contribution is -0.131. The summed E-state index contributed by atoms with van der Waals surface area (Å²) < 4.78 is 32.3. The summed E-state index contributed by atoms with van der Waals surface area (Å²) >= 11 is 7.08. The van der Waals surface area contributed by atoms with Crippen LogP contribution < -0.4 is 21.3 Å². The second kappa shape index (κ2) is 14.5. The molecule has 2 atom stereocenters. The number of nitrogens with two attached hydrogens (primary N) is 2. The predicted octanol–water partition coefficient (Wildman–Crippen LogP) is 4.31. The molecule has 2 fully saturated rings. The zero-order chi connectivity index (χ0) is 34.1. The number of hydrogen-bond donors (Lipinski definition) is 2. The summed E-state index contributed by atoms with van der Waals surface area (Å²) in [6, 6.07) is 12.0. The maximum absolute atomic E-state index is 15.1. The van der Waals surface area contributed by atoms with Crippen LogP contribution in [0.3, 0.4) is 0 Å². The maximum atomic E-state index is 15.1. The van der Waals surface area contributed by atoms with Gasteiger partial charge in [-0.25, -0.2) is 8.78 Å². The van der Waals surface area contributed by atoms with Crippen molar-refractivity contribution in [2.45, 2.75) is 39.0 Å². The number of aromatic nitrogens is 4. The Morgan fingerprint density at radius 3 is 1.29 bits per heavy atom. The Balaban J connectivity index is 1.29. The first-order valence-corrected chi connectivity index (χ1v) is 17.6. The van der Waals surface area contributed by atoms with Crippen LogP contribution in [0.2, 0.25) is 0 Å². The molecule has 2 unspecified atom stereocenters. The molecule has 2 aromatic carbocycles. The van der Waals surface area contributed by atoms with Gasteiger partial charge in [0.2, 0.25) is 0 Å². The fourth-order valence-corrected chi connectivity index (χ4v) is 7.23. The molecule has 256 valence electrons. The number of carbonyl (C=O) groups is 1. The molecular weight excluding hydrogens is 750 g/mol. The number of carbonyl (C=O) groups excluding carboxylic acids is 1. The van der Waals surface area contributed by atoms with Crippen LogP contribution in [0.1, 0.15) is 11.4 Å². The molecule has 4 N–H and O–H groups in total. The second-order valence-corrected chi connectivity index (χ2v) is 14.0. The van der Waals surface area contributed by atoms with Gasteiger partial charge in [0.25, 0.3) is 0 Å². The first kappa shape index (κ1) is 34.3. The van der Waals surface area contributed by atoms with Crippen molar-refractivity contribution in [1.29, 1.82) is 0 Å². The van der Waals surface area contributed by atoms with Gasteiger partial charge in [0.1, 0.15) is 11.6 Å².